The van der Waals surface area contributed by atoms with Crippen LogP contribution in [0.15, 0.2) is 5.10 Å². The fraction of sp³-hybridized carbons (Fsp3) is 0.846. The predicted molar refractivity (Wildman–Crippen MR) is 73.1 cm³/mol. The number of rotatable bonds is 7. The van der Waals surface area contributed by atoms with Crippen molar-refractivity contribution in [1.29, 1.82) is 0 Å². The van der Waals surface area contributed by atoms with E-state index in [1.165, 1.54) is 50.7 Å². The second-order valence-corrected chi connectivity index (χ2v) is 5.13. The molecule has 0 fully saturated rings. The van der Waals surface area contributed by atoms with Crippen molar-refractivity contribution in [3.63, 3.8) is 0 Å². The molecular formula is C13H24N2S. The molecule has 0 bridgehead atoms. The van der Waals surface area contributed by atoms with E-state index in [1.54, 1.807) is 0 Å². The molecule has 1 rings (SSSR count). The summed E-state index contributed by atoms with van der Waals surface area (Å²) in [6.07, 6.45) is 9.28. The van der Waals surface area contributed by atoms with Gasteiger partial charge in [-0.2, -0.15) is 0 Å². The van der Waals surface area contributed by atoms with E-state index in [0.717, 1.165) is 5.04 Å². The number of hydrazone groups is 1. The molecule has 1 aliphatic rings. The summed E-state index contributed by atoms with van der Waals surface area (Å²) in [5.74, 6) is 0.436. The van der Waals surface area contributed by atoms with Gasteiger partial charge >= 0.3 is 0 Å². The summed E-state index contributed by atoms with van der Waals surface area (Å²) in [6, 6.07) is 0. The van der Waals surface area contributed by atoms with Crippen molar-refractivity contribution in [2.45, 2.75) is 58.8 Å². The Morgan fingerprint density at radius 3 is 2.38 bits per heavy atom. The highest BCUT2D eigenvalue weighted by Gasteiger charge is 2.25. The zero-order chi connectivity index (χ0) is 12.0. The summed E-state index contributed by atoms with van der Waals surface area (Å²) in [6.45, 7) is 4.40. The lowest BCUT2D eigenvalue weighted by molar-refractivity contribution is -0.500. The Morgan fingerprint density at radius 2 is 1.81 bits per heavy atom. The molecule has 0 saturated carbocycles. The summed E-state index contributed by atoms with van der Waals surface area (Å²) >= 11 is 5.29. The second kappa shape index (κ2) is 7.00. The van der Waals surface area contributed by atoms with Gasteiger partial charge in [0.25, 0.3) is 0 Å². The lowest BCUT2D eigenvalue weighted by Crippen LogP contribution is -2.18. The summed E-state index contributed by atoms with van der Waals surface area (Å²) in [4.78, 5) is 0. The minimum Gasteiger partial charge on any atom is -0.758 e. The van der Waals surface area contributed by atoms with Crippen LogP contribution < -0.4 is 0 Å². The molecule has 92 valence electrons. The standard InChI is InChI=1S/C13H24N2S/c1-4-5-6-7-8-9-10-12-11(2)15(3)14-13(12)16/h12H,4-10H2,1-3H3. The first-order valence-electron chi connectivity index (χ1n) is 6.49. The maximum atomic E-state index is 5.29. The zero-order valence-electron chi connectivity index (χ0n) is 10.8. The highest BCUT2D eigenvalue weighted by Crippen LogP contribution is 2.18. The molecule has 0 aliphatic carbocycles. The lowest BCUT2D eigenvalue weighted by atomic mass is 9.97. The highest BCUT2D eigenvalue weighted by molar-refractivity contribution is 7.77. The van der Waals surface area contributed by atoms with E-state index < -0.39 is 0 Å². The SMILES string of the molecule is CCCCCCCCC1C([S-])=N[N+](C)=C1C. The average Bonchev–Trinajstić information content (AvgIpc) is 2.49. The monoisotopic (exact) mass is 240 g/mol. The van der Waals surface area contributed by atoms with Gasteiger partial charge in [-0.25, -0.2) is 0 Å². The van der Waals surface area contributed by atoms with Gasteiger partial charge in [0.15, 0.2) is 12.8 Å². The maximum Gasteiger partial charge on any atom is 0.188 e. The van der Waals surface area contributed by atoms with Gasteiger partial charge in [-0.15, -0.1) is 0 Å². The molecule has 2 nitrogen and oxygen atoms in total. The fourth-order valence-electron chi connectivity index (χ4n) is 2.16. The molecule has 0 N–H and O–H groups in total. The van der Waals surface area contributed by atoms with E-state index in [1.807, 2.05) is 11.7 Å². The topological polar surface area (TPSA) is 15.4 Å². The normalized spacial score (nSPS) is 20.4. The fourth-order valence-corrected chi connectivity index (χ4v) is 2.57. The van der Waals surface area contributed by atoms with Gasteiger partial charge in [-0.3, -0.25) is 0 Å². The molecule has 0 radical (unpaired) electrons. The first-order valence-corrected chi connectivity index (χ1v) is 6.90. The molecule has 1 heterocycles. The van der Waals surface area contributed by atoms with E-state index in [2.05, 4.69) is 18.9 Å². The molecule has 1 unspecified atom stereocenters. The smallest absolute Gasteiger partial charge is 0.188 e. The van der Waals surface area contributed by atoms with Crippen LogP contribution >= 0.6 is 0 Å². The largest absolute Gasteiger partial charge is 0.758 e. The van der Waals surface area contributed by atoms with Crippen LogP contribution in [0.25, 0.3) is 0 Å². The Bertz CT molecular complexity index is 282. The predicted octanol–water partition coefficient (Wildman–Crippen LogP) is 3.33. The third kappa shape index (κ3) is 3.85. The average molecular weight is 240 g/mol. The molecule has 0 saturated heterocycles. The van der Waals surface area contributed by atoms with Crippen LogP contribution in [-0.2, 0) is 12.6 Å². The van der Waals surface area contributed by atoms with E-state index in [0.29, 0.717) is 5.92 Å². The van der Waals surface area contributed by atoms with Gasteiger partial charge in [-0.05, 0) is 16.6 Å². The Kier molecular flexibility index (Phi) is 5.96. The number of unbranched alkanes of at least 4 members (excludes halogenated alkanes) is 5. The zero-order valence-corrected chi connectivity index (χ0v) is 11.6. The van der Waals surface area contributed by atoms with E-state index in [-0.39, 0.29) is 0 Å². The third-order valence-corrected chi connectivity index (χ3v) is 3.77. The van der Waals surface area contributed by atoms with Gasteiger partial charge in [0, 0.05) is 6.92 Å². The van der Waals surface area contributed by atoms with Crippen molar-refractivity contribution < 1.29 is 4.68 Å². The minimum absolute atomic E-state index is 0.436. The van der Waals surface area contributed by atoms with Crippen LogP contribution in [0.4, 0.5) is 0 Å². The number of nitrogens with zero attached hydrogens (tertiary/aromatic N) is 2. The van der Waals surface area contributed by atoms with Crippen LogP contribution in [0.5, 0.6) is 0 Å². The summed E-state index contributed by atoms with van der Waals surface area (Å²) in [7, 11) is 1.99. The molecule has 1 aliphatic heterocycles. The first kappa shape index (κ1) is 13.6. The molecule has 0 amide bonds. The molecule has 0 spiro atoms. The minimum atomic E-state index is 0.436. The molecule has 0 aromatic heterocycles. The van der Waals surface area contributed by atoms with E-state index in [4.69, 9.17) is 12.6 Å². The van der Waals surface area contributed by atoms with E-state index >= 15 is 0 Å². The van der Waals surface area contributed by atoms with E-state index in [9.17, 15) is 0 Å². The molecule has 1 atom stereocenters. The van der Waals surface area contributed by atoms with Crippen LogP contribution in [-0.4, -0.2) is 22.5 Å². The van der Waals surface area contributed by atoms with Gasteiger partial charge in [0.05, 0.1) is 5.92 Å². The first-order chi connectivity index (χ1) is 7.66. The highest BCUT2D eigenvalue weighted by atomic mass is 32.1. The van der Waals surface area contributed by atoms with Gasteiger partial charge in [0.2, 0.25) is 0 Å². The number of hydrogen-bond donors (Lipinski definition) is 0. The van der Waals surface area contributed by atoms with Crippen LogP contribution in [0.3, 0.4) is 0 Å². The molecule has 16 heavy (non-hydrogen) atoms. The molecule has 3 heteroatoms. The summed E-state index contributed by atoms with van der Waals surface area (Å²) in [5.41, 5.74) is 1.32. The summed E-state index contributed by atoms with van der Waals surface area (Å²) in [5, 5.41) is 5.19. The Balaban J connectivity index is 2.17. The van der Waals surface area contributed by atoms with Crippen LogP contribution in [0.1, 0.15) is 58.8 Å². The van der Waals surface area contributed by atoms with Crippen molar-refractivity contribution in [2.24, 2.45) is 11.0 Å². The molecule has 0 aromatic carbocycles. The van der Waals surface area contributed by atoms with Gasteiger partial charge < -0.3 is 12.6 Å². The quantitative estimate of drug-likeness (QED) is 0.378. The van der Waals surface area contributed by atoms with Crippen molar-refractivity contribution >= 4 is 23.4 Å². The van der Waals surface area contributed by atoms with Crippen molar-refractivity contribution in [2.75, 3.05) is 7.05 Å². The van der Waals surface area contributed by atoms with Crippen LogP contribution in [0.2, 0.25) is 0 Å². The molecule has 0 aromatic rings. The van der Waals surface area contributed by atoms with Crippen molar-refractivity contribution in [3.8, 4) is 0 Å². The third-order valence-electron chi connectivity index (χ3n) is 3.41. The second-order valence-electron chi connectivity index (χ2n) is 4.71. The lowest BCUT2D eigenvalue weighted by Gasteiger charge is -2.12. The van der Waals surface area contributed by atoms with Crippen LogP contribution in [0, 0.1) is 5.92 Å². The molecular weight excluding hydrogens is 216 g/mol. The Hall–Kier alpha value is -0.440. The Morgan fingerprint density at radius 1 is 1.19 bits per heavy atom. The Labute approximate surface area is 105 Å². The summed E-state index contributed by atoms with van der Waals surface area (Å²) < 4.78 is 1.93. The van der Waals surface area contributed by atoms with Crippen molar-refractivity contribution in [3.05, 3.63) is 0 Å². The van der Waals surface area contributed by atoms with Gasteiger partial charge in [-0.1, -0.05) is 50.1 Å². The maximum absolute atomic E-state index is 5.29. The van der Waals surface area contributed by atoms with Gasteiger partial charge in [0.1, 0.15) is 0 Å². The van der Waals surface area contributed by atoms with Crippen molar-refractivity contribution in [1.82, 2.24) is 0 Å². The number of hydrogen-bond acceptors (Lipinski definition) is 2.